The predicted molar refractivity (Wildman–Crippen MR) is 81.3 cm³/mol. The minimum atomic E-state index is -0.880. The number of aliphatic hydroxyl groups is 1. The van der Waals surface area contributed by atoms with Crippen molar-refractivity contribution in [3.8, 4) is 0 Å². The maximum Gasteiger partial charge on any atom is 0.314 e. The largest absolute Gasteiger partial charge is 0.481 e. The molecule has 3 rings (SSSR count). The third kappa shape index (κ3) is 2.71. The van der Waals surface area contributed by atoms with E-state index in [1.165, 1.54) is 25.7 Å². The van der Waals surface area contributed by atoms with Crippen molar-refractivity contribution in [2.45, 2.75) is 62.9 Å². The van der Waals surface area contributed by atoms with Crippen LogP contribution in [0.5, 0.6) is 0 Å². The number of carboxylic acids is 1. The van der Waals surface area contributed by atoms with Gasteiger partial charge in [0.1, 0.15) is 0 Å². The second-order valence-electron chi connectivity index (χ2n) is 6.79. The molecule has 0 bridgehead atoms. The van der Waals surface area contributed by atoms with E-state index < -0.39 is 17.5 Å². The molecule has 2 aliphatic rings. The number of fused-ring (bicyclic) bond motifs is 1. The lowest BCUT2D eigenvalue weighted by Crippen LogP contribution is -2.37. The molecule has 3 nitrogen and oxygen atoms in total. The molecular formula is C18H24O3. The Morgan fingerprint density at radius 3 is 2.71 bits per heavy atom. The van der Waals surface area contributed by atoms with E-state index in [-0.39, 0.29) is 0 Å². The molecule has 1 saturated carbocycles. The van der Waals surface area contributed by atoms with Crippen LogP contribution in [0.1, 0.15) is 56.1 Å². The Kier molecular flexibility index (Phi) is 4.03. The van der Waals surface area contributed by atoms with Crippen molar-refractivity contribution in [1.29, 1.82) is 0 Å². The van der Waals surface area contributed by atoms with Crippen molar-refractivity contribution in [2.24, 2.45) is 5.92 Å². The molecule has 1 fully saturated rings. The topological polar surface area (TPSA) is 57.5 Å². The van der Waals surface area contributed by atoms with Crippen LogP contribution in [0.3, 0.4) is 0 Å². The van der Waals surface area contributed by atoms with Crippen LogP contribution in [0.25, 0.3) is 0 Å². The molecule has 114 valence electrons. The summed E-state index contributed by atoms with van der Waals surface area (Å²) < 4.78 is 0. The highest BCUT2D eigenvalue weighted by molar-refractivity contribution is 5.83. The summed E-state index contributed by atoms with van der Waals surface area (Å²) in [6.07, 6.45) is 6.92. The number of aliphatic carboxylic acids is 1. The number of aliphatic hydroxyl groups excluding tert-OH is 1. The molecule has 0 saturated heterocycles. The van der Waals surface area contributed by atoms with E-state index in [1.807, 2.05) is 24.3 Å². The number of carbonyl (C=O) groups is 1. The fraction of sp³-hybridized carbons (Fsp3) is 0.611. The molecule has 0 aromatic heterocycles. The van der Waals surface area contributed by atoms with E-state index in [2.05, 4.69) is 0 Å². The Morgan fingerprint density at radius 1 is 1.29 bits per heavy atom. The summed E-state index contributed by atoms with van der Waals surface area (Å²) >= 11 is 0. The Labute approximate surface area is 126 Å². The molecule has 1 aromatic carbocycles. The van der Waals surface area contributed by atoms with Crippen molar-refractivity contribution in [1.82, 2.24) is 0 Å². The number of benzene rings is 1. The molecule has 0 heterocycles. The van der Waals surface area contributed by atoms with E-state index in [0.29, 0.717) is 18.8 Å². The summed E-state index contributed by atoms with van der Waals surface area (Å²) in [5.41, 5.74) is 1.17. The first kappa shape index (κ1) is 14.6. The fourth-order valence-corrected chi connectivity index (χ4v) is 4.33. The number of carboxylic acid groups (broad SMARTS) is 1. The number of aryl methyl sites for hydroxylation is 1. The molecule has 1 aromatic rings. The molecule has 0 amide bonds. The monoisotopic (exact) mass is 288 g/mol. The Balaban J connectivity index is 1.78. The first-order valence-electron chi connectivity index (χ1n) is 8.12. The molecule has 0 aliphatic heterocycles. The highest BCUT2D eigenvalue weighted by Gasteiger charge is 2.46. The molecule has 2 aliphatic carbocycles. The van der Waals surface area contributed by atoms with Crippen LogP contribution in [-0.2, 0) is 16.6 Å². The van der Waals surface area contributed by atoms with E-state index in [1.54, 1.807) is 0 Å². The van der Waals surface area contributed by atoms with Gasteiger partial charge in [-0.15, -0.1) is 0 Å². The standard InChI is InChI=1S/C18H24O3/c19-15(11-13-5-1-2-6-13)12-18(17(20)21)10-9-14-7-3-4-8-16(14)18/h3-4,7-8,13,15,19H,1-2,5-6,9-12H2,(H,20,21). The summed E-state index contributed by atoms with van der Waals surface area (Å²) in [5, 5.41) is 20.3. The highest BCUT2D eigenvalue weighted by Crippen LogP contribution is 2.43. The molecular weight excluding hydrogens is 264 g/mol. The zero-order chi connectivity index (χ0) is 14.9. The zero-order valence-corrected chi connectivity index (χ0v) is 12.4. The predicted octanol–water partition coefficient (Wildman–Crippen LogP) is 3.29. The summed E-state index contributed by atoms with van der Waals surface area (Å²) in [7, 11) is 0. The van der Waals surface area contributed by atoms with Crippen LogP contribution in [-0.4, -0.2) is 22.3 Å². The van der Waals surface area contributed by atoms with Crippen LogP contribution >= 0.6 is 0 Å². The minimum Gasteiger partial charge on any atom is -0.481 e. The van der Waals surface area contributed by atoms with Gasteiger partial charge in [-0.2, -0.15) is 0 Å². The van der Waals surface area contributed by atoms with Gasteiger partial charge in [0.05, 0.1) is 11.5 Å². The average Bonchev–Trinajstić information content (AvgIpc) is 3.08. The molecule has 21 heavy (non-hydrogen) atoms. The molecule has 2 unspecified atom stereocenters. The van der Waals surface area contributed by atoms with Gasteiger partial charge in [0.15, 0.2) is 0 Å². The summed E-state index contributed by atoms with van der Waals surface area (Å²) in [6.45, 7) is 0. The lowest BCUT2D eigenvalue weighted by atomic mass is 9.76. The normalized spacial score (nSPS) is 26.7. The van der Waals surface area contributed by atoms with E-state index in [4.69, 9.17) is 0 Å². The Hall–Kier alpha value is -1.35. The van der Waals surface area contributed by atoms with Crippen LogP contribution in [0.2, 0.25) is 0 Å². The van der Waals surface area contributed by atoms with E-state index >= 15 is 0 Å². The van der Waals surface area contributed by atoms with Gasteiger partial charge in [0, 0.05) is 0 Å². The van der Waals surface area contributed by atoms with Crippen molar-refractivity contribution in [3.05, 3.63) is 35.4 Å². The molecule has 0 spiro atoms. The van der Waals surface area contributed by atoms with Crippen molar-refractivity contribution in [2.75, 3.05) is 0 Å². The third-order valence-electron chi connectivity index (χ3n) is 5.43. The second kappa shape index (κ2) is 5.80. The fourth-order valence-electron chi connectivity index (χ4n) is 4.33. The lowest BCUT2D eigenvalue weighted by molar-refractivity contribution is -0.145. The molecule has 2 N–H and O–H groups in total. The molecule has 3 heteroatoms. The van der Waals surface area contributed by atoms with Crippen molar-refractivity contribution < 1.29 is 15.0 Å². The van der Waals surface area contributed by atoms with Gasteiger partial charge in [-0.25, -0.2) is 0 Å². The minimum absolute atomic E-state index is 0.357. The second-order valence-corrected chi connectivity index (χ2v) is 6.79. The third-order valence-corrected chi connectivity index (χ3v) is 5.43. The quantitative estimate of drug-likeness (QED) is 0.874. The lowest BCUT2D eigenvalue weighted by Gasteiger charge is -2.29. The van der Waals surface area contributed by atoms with Crippen LogP contribution in [0.15, 0.2) is 24.3 Å². The van der Waals surface area contributed by atoms with Gasteiger partial charge >= 0.3 is 5.97 Å². The number of rotatable bonds is 5. The Bertz CT molecular complexity index is 519. The summed E-state index contributed by atoms with van der Waals surface area (Å²) in [6, 6.07) is 7.82. The van der Waals surface area contributed by atoms with Gasteiger partial charge in [0.25, 0.3) is 0 Å². The van der Waals surface area contributed by atoms with Gasteiger partial charge in [-0.1, -0.05) is 49.9 Å². The first-order valence-corrected chi connectivity index (χ1v) is 8.12. The molecule has 0 radical (unpaired) electrons. The number of hydrogen-bond acceptors (Lipinski definition) is 2. The maximum absolute atomic E-state index is 11.9. The van der Waals surface area contributed by atoms with Gasteiger partial charge in [-0.3, -0.25) is 4.79 Å². The van der Waals surface area contributed by atoms with Crippen molar-refractivity contribution in [3.63, 3.8) is 0 Å². The van der Waals surface area contributed by atoms with E-state index in [9.17, 15) is 15.0 Å². The average molecular weight is 288 g/mol. The zero-order valence-electron chi connectivity index (χ0n) is 12.4. The smallest absolute Gasteiger partial charge is 0.314 e. The first-order chi connectivity index (χ1) is 10.1. The van der Waals surface area contributed by atoms with Crippen molar-refractivity contribution >= 4 is 5.97 Å². The SMILES string of the molecule is O=C(O)C1(CC(O)CC2CCCC2)CCc2ccccc21. The summed E-state index contributed by atoms with van der Waals surface area (Å²) in [4.78, 5) is 11.9. The highest BCUT2D eigenvalue weighted by atomic mass is 16.4. The Morgan fingerprint density at radius 2 is 2.00 bits per heavy atom. The van der Waals surface area contributed by atoms with Crippen LogP contribution < -0.4 is 0 Å². The van der Waals surface area contributed by atoms with Crippen LogP contribution in [0.4, 0.5) is 0 Å². The summed E-state index contributed by atoms with van der Waals surface area (Å²) in [5.74, 6) is -0.194. The molecule has 2 atom stereocenters. The van der Waals surface area contributed by atoms with Crippen LogP contribution in [0, 0.1) is 5.92 Å². The van der Waals surface area contributed by atoms with Gasteiger partial charge < -0.3 is 10.2 Å². The maximum atomic E-state index is 11.9. The van der Waals surface area contributed by atoms with Gasteiger partial charge in [-0.05, 0) is 42.7 Å². The number of hydrogen-bond donors (Lipinski definition) is 2. The van der Waals surface area contributed by atoms with Gasteiger partial charge in [0.2, 0.25) is 0 Å². The van der Waals surface area contributed by atoms with E-state index in [0.717, 1.165) is 24.0 Å².